The van der Waals surface area contributed by atoms with Crippen molar-refractivity contribution in [2.75, 3.05) is 7.05 Å². The van der Waals surface area contributed by atoms with E-state index >= 15 is 0 Å². The van der Waals surface area contributed by atoms with Crippen molar-refractivity contribution < 1.29 is 0 Å². The summed E-state index contributed by atoms with van der Waals surface area (Å²) < 4.78 is 1.91. The van der Waals surface area contributed by atoms with Gasteiger partial charge >= 0.3 is 0 Å². The fraction of sp³-hybridized carbons (Fsp3) is 0.692. The molecule has 1 aromatic rings. The first-order valence-corrected chi connectivity index (χ1v) is 6.45. The van der Waals surface area contributed by atoms with E-state index in [1.54, 1.807) is 7.05 Å². The summed E-state index contributed by atoms with van der Waals surface area (Å²) in [6.07, 6.45) is 1.08. The predicted molar refractivity (Wildman–Crippen MR) is 75.8 cm³/mol. The minimum Gasteiger partial charge on any atom is -0.354 e. The number of aliphatic imine (C=N–C) groups is 1. The minimum atomic E-state index is 0.423. The largest absolute Gasteiger partial charge is 0.354 e. The lowest BCUT2D eigenvalue weighted by Gasteiger charge is -2.16. The SMILES string of the molecule is CCC(C)NC(=NC)NCc1c(C)nn(C)c1C. The zero-order chi connectivity index (χ0) is 13.7. The second kappa shape index (κ2) is 6.42. The Morgan fingerprint density at radius 3 is 2.56 bits per heavy atom. The van der Waals surface area contributed by atoms with Gasteiger partial charge in [-0.1, -0.05) is 6.92 Å². The van der Waals surface area contributed by atoms with Crippen molar-refractivity contribution in [1.29, 1.82) is 0 Å². The summed E-state index contributed by atoms with van der Waals surface area (Å²) in [6.45, 7) is 9.17. The van der Waals surface area contributed by atoms with Crippen molar-refractivity contribution in [3.63, 3.8) is 0 Å². The normalized spacial score (nSPS) is 13.6. The third kappa shape index (κ3) is 3.48. The van der Waals surface area contributed by atoms with Crippen LogP contribution in [0.2, 0.25) is 0 Å². The summed E-state index contributed by atoms with van der Waals surface area (Å²) in [4.78, 5) is 4.22. The van der Waals surface area contributed by atoms with Crippen molar-refractivity contribution in [1.82, 2.24) is 20.4 Å². The number of hydrogen-bond acceptors (Lipinski definition) is 2. The molecular formula is C13H25N5. The molecule has 1 heterocycles. The molecule has 5 heteroatoms. The topological polar surface area (TPSA) is 54.2 Å². The van der Waals surface area contributed by atoms with Crippen LogP contribution in [0.15, 0.2) is 4.99 Å². The number of nitrogens with one attached hydrogen (secondary N) is 2. The van der Waals surface area contributed by atoms with Crippen molar-refractivity contribution in [2.24, 2.45) is 12.0 Å². The Morgan fingerprint density at radius 2 is 2.11 bits per heavy atom. The maximum atomic E-state index is 4.41. The maximum Gasteiger partial charge on any atom is 0.191 e. The van der Waals surface area contributed by atoms with E-state index in [0.717, 1.165) is 24.6 Å². The molecular weight excluding hydrogens is 226 g/mol. The van der Waals surface area contributed by atoms with Gasteiger partial charge in [0.15, 0.2) is 5.96 Å². The first-order chi connectivity index (χ1) is 8.49. The Labute approximate surface area is 110 Å². The number of rotatable bonds is 4. The molecule has 0 aliphatic heterocycles. The minimum absolute atomic E-state index is 0.423. The molecule has 0 amide bonds. The third-order valence-electron chi connectivity index (χ3n) is 3.31. The van der Waals surface area contributed by atoms with E-state index in [-0.39, 0.29) is 0 Å². The van der Waals surface area contributed by atoms with Gasteiger partial charge in [-0.05, 0) is 27.2 Å². The fourth-order valence-electron chi connectivity index (χ4n) is 1.78. The van der Waals surface area contributed by atoms with E-state index in [0.29, 0.717) is 6.04 Å². The van der Waals surface area contributed by atoms with Gasteiger partial charge in [0.05, 0.1) is 5.69 Å². The molecule has 0 bridgehead atoms. The molecule has 1 unspecified atom stereocenters. The van der Waals surface area contributed by atoms with Crippen LogP contribution in [-0.4, -0.2) is 28.8 Å². The summed E-state index contributed by atoms with van der Waals surface area (Å²) in [5.41, 5.74) is 3.50. The molecule has 0 aliphatic rings. The highest BCUT2D eigenvalue weighted by Gasteiger charge is 2.10. The monoisotopic (exact) mass is 251 g/mol. The summed E-state index contributed by atoms with van der Waals surface area (Å²) in [7, 11) is 3.76. The van der Waals surface area contributed by atoms with Crippen LogP contribution in [0.3, 0.4) is 0 Å². The van der Waals surface area contributed by atoms with E-state index in [2.05, 4.69) is 41.5 Å². The first-order valence-electron chi connectivity index (χ1n) is 6.45. The highest BCUT2D eigenvalue weighted by molar-refractivity contribution is 5.79. The highest BCUT2D eigenvalue weighted by Crippen LogP contribution is 2.10. The van der Waals surface area contributed by atoms with Crippen LogP contribution < -0.4 is 10.6 Å². The van der Waals surface area contributed by atoms with Gasteiger partial charge in [-0.3, -0.25) is 9.67 Å². The van der Waals surface area contributed by atoms with Gasteiger partial charge in [0.1, 0.15) is 0 Å². The van der Waals surface area contributed by atoms with Gasteiger partial charge in [0.2, 0.25) is 0 Å². The van der Waals surface area contributed by atoms with Crippen LogP contribution in [0.1, 0.15) is 37.2 Å². The Balaban J connectivity index is 2.63. The lowest BCUT2D eigenvalue weighted by Crippen LogP contribution is -2.41. The van der Waals surface area contributed by atoms with Crippen molar-refractivity contribution in [2.45, 2.75) is 46.7 Å². The van der Waals surface area contributed by atoms with E-state index in [4.69, 9.17) is 0 Å². The Hall–Kier alpha value is -1.52. The van der Waals surface area contributed by atoms with E-state index in [9.17, 15) is 0 Å². The molecule has 0 spiro atoms. The molecule has 0 radical (unpaired) electrons. The second-order valence-electron chi connectivity index (χ2n) is 4.65. The zero-order valence-corrected chi connectivity index (χ0v) is 12.3. The summed E-state index contributed by atoms with van der Waals surface area (Å²) in [5.74, 6) is 0.840. The lowest BCUT2D eigenvalue weighted by molar-refractivity contribution is 0.623. The fourth-order valence-corrected chi connectivity index (χ4v) is 1.78. The predicted octanol–water partition coefficient (Wildman–Crippen LogP) is 1.50. The number of nitrogens with zero attached hydrogens (tertiary/aromatic N) is 3. The average molecular weight is 251 g/mol. The van der Waals surface area contributed by atoms with Gasteiger partial charge in [-0.2, -0.15) is 5.10 Å². The summed E-state index contributed by atoms with van der Waals surface area (Å²) in [6, 6.07) is 0.423. The molecule has 1 atom stereocenters. The zero-order valence-electron chi connectivity index (χ0n) is 12.3. The molecule has 0 saturated heterocycles. The summed E-state index contributed by atoms with van der Waals surface area (Å²) >= 11 is 0. The molecule has 0 fully saturated rings. The molecule has 1 rings (SSSR count). The van der Waals surface area contributed by atoms with Gasteiger partial charge in [0.25, 0.3) is 0 Å². The molecule has 5 nitrogen and oxygen atoms in total. The third-order valence-corrected chi connectivity index (χ3v) is 3.31. The van der Waals surface area contributed by atoms with Gasteiger partial charge in [-0.25, -0.2) is 0 Å². The Kier molecular flexibility index (Phi) is 5.19. The number of aryl methyl sites for hydroxylation is 2. The van der Waals surface area contributed by atoms with E-state index in [1.807, 2.05) is 18.7 Å². The smallest absolute Gasteiger partial charge is 0.191 e. The van der Waals surface area contributed by atoms with Gasteiger partial charge in [-0.15, -0.1) is 0 Å². The van der Waals surface area contributed by atoms with Crippen molar-refractivity contribution in [3.05, 3.63) is 17.0 Å². The average Bonchev–Trinajstić information content (AvgIpc) is 2.59. The van der Waals surface area contributed by atoms with Crippen LogP contribution in [0.25, 0.3) is 0 Å². The van der Waals surface area contributed by atoms with Crippen molar-refractivity contribution >= 4 is 5.96 Å². The Morgan fingerprint density at radius 1 is 1.44 bits per heavy atom. The quantitative estimate of drug-likeness (QED) is 0.630. The molecule has 18 heavy (non-hydrogen) atoms. The molecule has 0 aromatic carbocycles. The molecule has 1 aromatic heterocycles. The van der Waals surface area contributed by atoms with Crippen LogP contribution >= 0.6 is 0 Å². The number of hydrogen-bond donors (Lipinski definition) is 2. The van der Waals surface area contributed by atoms with Crippen LogP contribution in [-0.2, 0) is 13.6 Å². The molecule has 0 saturated carbocycles. The maximum absolute atomic E-state index is 4.41. The number of guanidine groups is 1. The van der Waals surface area contributed by atoms with E-state index < -0.39 is 0 Å². The molecule has 0 aliphatic carbocycles. The second-order valence-corrected chi connectivity index (χ2v) is 4.65. The van der Waals surface area contributed by atoms with Gasteiger partial charge in [0, 0.05) is 37.9 Å². The van der Waals surface area contributed by atoms with Crippen LogP contribution in [0.4, 0.5) is 0 Å². The molecule has 2 N–H and O–H groups in total. The Bertz CT molecular complexity index is 419. The van der Waals surface area contributed by atoms with Crippen molar-refractivity contribution in [3.8, 4) is 0 Å². The standard InChI is InChI=1S/C13H25N5/c1-7-9(2)16-13(14-5)15-8-12-10(3)17-18(6)11(12)4/h9H,7-8H2,1-6H3,(H2,14,15,16). The van der Waals surface area contributed by atoms with Gasteiger partial charge < -0.3 is 10.6 Å². The van der Waals surface area contributed by atoms with Crippen LogP contribution in [0, 0.1) is 13.8 Å². The van der Waals surface area contributed by atoms with Crippen LogP contribution in [0.5, 0.6) is 0 Å². The first kappa shape index (κ1) is 14.5. The summed E-state index contributed by atoms with van der Waals surface area (Å²) in [5, 5.41) is 11.1. The van der Waals surface area contributed by atoms with E-state index in [1.165, 1.54) is 11.3 Å². The highest BCUT2D eigenvalue weighted by atomic mass is 15.3. The number of aromatic nitrogens is 2. The lowest BCUT2D eigenvalue weighted by atomic mass is 10.2. The molecule has 102 valence electrons.